The summed E-state index contributed by atoms with van der Waals surface area (Å²) in [4.78, 5) is 10.4. The fourth-order valence-electron chi connectivity index (χ4n) is 1.35. The van der Waals surface area contributed by atoms with Crippen molar-refractivity contribution in [2.24, 2.45) is 0 Å². The number of alkyl halides is 3. The average Bonchev–Trinajstić information content (AvgIpc) is 2.17. The van der Waals surface area contributed by atoms with Gasteiger partial charge in [0.1, 0.15) is 5.75 Å². The highest BCUT2D eigenvalue weighted by atomic mass is 19.4. The number of carboxylic acid groups (broad SMARTS) is 1. The Morgan fingerprint density at radius 3 is 2.39 bits per heavy atom. The number of hydrogen-bond acceptors (Lipinski definition) is 3. The molecule has 0 aliphatic carbocycles. The highest BCUT2D eigenvalue weighted by Crippen LogP contribution is 2.24. The van der Waals surface area contributed by atoms with E-state index in [1.54, 1.807) is 6.92 Å². The molecule has 1 unspecified atom stereocenters. The molecule has 2 N–H and O–H groups in total. The first-order valence-electron chi connectivity index (χ1n) is 5.10. The summed E-state index contributed by atoms with van der Waals surface area (Å²) in [6.45, 7) is 1.66. The van der Waals surface area contributed by atoms with Gasteiger partial charge in [0.05, 0.1) is 6.42 Å². The van der Waals surface area contributed by atoms with E-state index in [0.717, 1.165) is 12.1 Å². The zero-order chi connectivity index (χ0) is 13.8. The summed E-state index contributed by atoms with van der Waals surface area (Å²) in [5.74, 6) is -1.27. The predicted octanol–water partition coefficient (Wildman–Crippen LogP) is 2.86. The average molecular weight is 263 g/mol. The van der Waals surface area contributed by atoms with Crippen molar-refractivity contribution in [2.45, 2.75) is 25.7 Å². The number of aliphatic carboxylic acids is 1. The van der Waals surface area contributed by atoms with Crippen LogP contribution in [-0.2, 0) is 4.79 Å². The first-order chi connectivity index (χ1) is 8.26. The van der Waals surface area contributed by atoms with Crippen LogP contribution in [0.5, 0.6) is 5.75 Å². The molecule has 0 spiro atoms. The Morgan fingerprint density at radius 1 is 1.39 bits per heavy atom. The van der Waals surface area contributed by atoms with Crippen LogP contribution in [0.3, 0.4) is 0 Å². The van der Waals surface area contributed by atoms with E-state index in [9.17, 15) is 18.0 Å². The maximum Gasteiger partial charge on any atom is 0.573 e. The molecule has 7 heteroatoms. The molecule has 0 bridgehead atoms. The molecule has 0 aliphatic rings. The molecule has 1 aromatic rings. The smallest absolute Gasteiger partial charge is 0.481 e. The molecule has 0 aliphatic heterocycles. The Kier molecular flexibility index (Phi) is 4.41. The standard InChI is InChI=1S/C11H12F3NO3/c1-7(6-10(16)17)15-8-2-4-9(5-3-8)18-11(12,13)14/h2-5,7,15H,6H2,1H3,(H,16,17). The first-order valence-corrected chi connectivity index (χ1v) is 5.10. The van der Waals surface area contributed by atoms with Gasteiger partial charge in [-0.15, -0.1) is 13.2 Å². The molecule has 4 nitrogen and oxygen atoms in total. The normalized spacial score (nSPS) is 12.9. The predicted molar refractivity (Wildman–Crippen MR) is 58.5 cm³/mol. The number of ether oxygens (including phenoxy) is 1. The number of hydrogen-bond donors (Lipinski definition) is 2. The van der Waals surface area contributed by atoms with Gasteiger partial charge in [-0.2, -0.15) is 0 Å². The van der Waals surface area contributed by atoms with Crippen molar-refractivity contribution in [1.82, 2.24) is 0 Å². The van der Waals surface area contributed by atoms with Crippen LogP contribution >= 0.6 is 0 Å². The summed E-state index contributed by atoms with van der Waals surface area (Å²) in [7, 11) is 0. The van der Waals surface area contributed by atoms with Crippen LogP contribution in [0.2, 0.25) is 0 Å². The third kappa shape index (κ3) is 5.42. The van der Waals surface area contributed by atoms with Gasteiger partial charge in [0.2, 0.25) is 0 Å². The minimum atomic E-state index is -4.72. The van der Waals surface area contributed by atoms with E-state index >= 15 is 0 Å². The Hall–Kier alpha value is -1.92. The van der Waals surface area contributed by atoms with Gasteiger partial charge < -0.3 is 15.2 Å². The van der Waals surface area contributed by atoms with E-state index in [0.29, 0.717) is 5.69 Å². The molecule has 0 aromatic heterocycles. The third-order valence-corrected chi connectivity index (χ3v) is 1.98. The zero-order valence-electron chi connectivity index (χ0n) is 9.49. The molecule has 1 rings (SSSR count). The Bertz CT molecular complexity index is 403. The van der Waals surface area contributed by atoms with Gasteiger partial charge in [-0.3, -0.25) is 4.79 Å². The topological polar surface area (TPSA) is 58.6 Å². The lowest BCUT2D eigenvalue weighted by molar-refractivity contribution is -0.274. The second-order valence-corrected chi connectivity index (χ2v) is 3.72. The summed E-state index contributed by atoms with van der Waals surface area (Å²) in [5.41, 5.74) is 0.526. The summed E-state index contributed by atoms with van der Waals surface area (Å²) in [6.07, 6.45) is -4.80. The number of carbonyl (C=O) groups is 1. The van der Waals surface area contributed by atoms with Crippen molar-refractivity contribution in [3.8, 4) is 5.75 Å². The lowest BCUT2D eigenvalue weighted by Gasteiger charge is -2.14. The van der Waals surface area contributed by atoms with E-state index in [-0.39, 0.29) is 18.2 Å². The fraction of sp³-hybridized carbons (Fsp3) is 0.364. The molecular formula is C11H12F3NO3. The van der Waals surface area contributed by atoms with Gasteiger partial charge in [-0.1, -0.05) is 0 Å². The fourth-order valence-corrected chi connectivity index (χ4v) is 1.35. The SMILES string of the molecule is CC(CC(=O)O)Nc1ccc(OC(F)(F)F)cc1. The Morgan fingerprint density at radius 2 is 1.94 bits per heavy atom. The van der Waals surface area contributed by atoms with Crippen molar-refractivity contribution in [2.75, 3.05) is 5.32 Å². The lowest BCUT2D eigenvalue weighted by atomic mass is 10.2. The second kappa shape index (κ2) is 5.61. The van der Waals surface area contributed by atoms with Crippen molar-refractivity contribution in [3.63, 3.8) is 0 Å². The molecule has 0 amide bonds. The van der Waals surface area contributed by atoms with Gasteiger partial charge in [-0.05, 0) is 31.2 Å². The number of halogens is 3. The summed E-state index contributed by atoms with van der Waals surface area (Å²) in [5, 5.41) is 11.4. The van der Waals surface area contributed by atoms with Gasteiger partial charge in [0.25, 0.3) is 0 Å². The molecule has 0 heterocycles. The van der Waals surface area contributed by atoms with Crippen molar-refractivity contribution in [1.29, 1.82) is 0 Å². The van der Waals surface area contributed by atoms with Crippen LogP contribution in [0.1, 0.15) is 13.3 Å². The molecule has 100 valence electrons. The molecule has 1 atom stereocenters. The van der Waals surface area contributed by atoms with E-state index in [1.807, 2.05) is 0 Å². The minimum Gasteiger partial charge on any atom is -0.481 e. The van der Waals surface area contributed by atoms with Crippen molar-refractivity contribution >= 4 is 11.7 Å². The monoisotopic (exact) mass is 263 g/mol. The van der Waals surface area contributed by atoms with Gasteiger partial charge in [0, 0.05) is 11.7 Å². The van der Waals surface area contributed by atoms with Crippen LogP contribution in [0.4, 0.5) is 18.9 Å². The molecule has 18 heavy (non-hydrogen) atoms. The van der Waals surface area contributed by atoms with E-state index in [4.69, 9.17) is 5.11 Å². The largest absolute Gasteiger partial charge is 0.573 e. The Balaban J connectivity index is 2.57. The Labute approximate surface area is 101 Å². The third-order valence-electron chi connectivity index (χ3n) is 1.98. The quantitative estimate of drug-likeness (QED) is 0.857. The van der Waals surface area contributed by atoms with Crippen LogP contribution in [0, 0.1) is 0 Å². The van der Waals surface area contributed by atoms with Crippen LogP contribution in [0.25, 0.3) is 0 Å². The first kappa shape index (κ1) is 14.1. The number of benzene rings is 1. The number of anilines is 1. The molecule has 0 radical (unpaired) electrons. The van der Waals surface area contributed by atoms with Gasteiger partial charge >= 0.3 is 12.3 Å². The molecule has 0 saturated carbocycles. The van der Waals surface area contributed by atoms with Gasteiger partial charge in [0.15, 0.2) is 0 Å². The van der Waals surface area contributed by atoms with Crippen LogP contribution in [-0.4, -0.2) is 23.5 Å². The lowest BCUT2D eigenvalue weighted by Crippen LogP contribution is -2.19. The second-order valence-electron chi connectivity index (χ2n) is 3.72. The summed E-state index contributed by atoms with van der Waals surface area (Å²) in [6, 6.07) is 4.77. The maximum absolute atomic E-state index is 11.9. The molecule has 1 aromatic carbocycles. The highest BCUT2D eigenvalue weighted by Gasteiger charge is 2.30. The minimum absolute atomic E-state index is 0.0825. The highest BCUT2D eigenvalue weighted by molar-refractivity contribution is 5.68. The van der Waals surface area contributed by atoms with Crippen LogP contribution in [0.15, 0.2) is 24.3 Å². The number of nitrogens with one attached hydrogen (secondary N) is 1. The molecule has 0 saturated heterocycles. The van der Waals surface area contributed by atoms with E-state index < -0.39 is 12.3 Å². The van der Waals surface area contributed by atoms with E-state index in [2.05, 4.69) is 10.1 Å². The molecular weight excluding hydrogens is 251 g/mol. The van der Waals surface area contributed by atoms with Crippen molar-refractivity contribution in [3.05, 3.63) is 24.3 Å². The van der Waals surface area contributed by atoms with Crippen molar-refractivity contribution < 1.29 is 27.8 Å². The van der Waals surface area contributed by atoms with E-state index in [1.165, 1.54) is 12.1 Å². The summed E-state index contributed by atoms with van der Waals surface area (Å²) >= 11 is 0. The summed E-state index contributed by atoms with van der Waals surface area (Å²) < 4.78 is 39.4. The number of rotatable bonds is 5. The zero-order valence-corrected chi connectivity index (χ0v) is 9.49. The molecule has 0 fully saturated rings. The number of carboxylic acids is 1. The maximum atomic E-state index is 11.9. The van der Waals surface area contributed by atoms with Crippen LogP contribution < -0.4 is 10.1 Å². The van der Waals surface area contributed by atoms with Gasteiger partial charge in [-0.25, -0.2) is 0 Å².